The fraction of sp³-hybridized carbons (Fsp3) is 0.118. The molecular weight excluding hydrogens is 314 g/mol. The number of pyridine rings is 1. The van der Waals surface area contributed by atoms with Crippen molar-refractivity contribution in [2.45, 2.75) is 12.3 Å². The lowest BCUT2D eigenvalue weighted by molar-refractivity contribution is -0.116. The number of fused-ring (bicyclic) bond motifs is 1. The predicted octanol–water partition coefficient (Wildman–Crippen LogP) is 3.02. The molecule has 0 fully saturated rings. The first-order valence-electron chi connectivity index (χ1n) is 7.36. The van der Waals surface area contributed by atoms with Gasteiger partial charge in [-0.1, -0.05) is 12.1 Å². The number of anilines is 1. The van der Waals surface area contributed by atoms with E-state index in [2.05, 4.69) is 15.3 Å². The number of hydrogen-bond acceptors (Lipinski definition) is 3. The lowest BCUT2D eigenvalue weighted by Gasteiger charge is -2.23. The van der Waals surface area contributed by atoms with Crippen molar-refractivity contribution in [2.24, 2.45) is 0 Å². The highest BCUT2D eigenvalue weighted by Crippen LogP contribution is 2.38. The molecule has 120 valence electrons. The van der Waals surface area contributed by atoms with Crippen molar-refractivity contribution in [1.82, 2.24) is 14.5 Å². The summed E-state index contributed by atoms with van der Waals surface area (Å²) in [4.78, 5) is 20.5. The Hall–Kier alpha value is -3.09. The molecule has 24 heavy (non-hydrogen) atoms. The number of carbonyl (C=O) groups excluding carboxylic acids is 1. The van der Waals surface area contributed by atoms with Gasteiger partial charge in [0.05, 0.1) is 17.6 Å². The average Bonchev–Trinajstić information content (AvgIpc) is 3.01. The van der Waals surface area contributed by atoms with E-state index in [1.165, 1.54) is 18.5 Å². The van der Waals surface area contributed by atoms with Gasteiger partial charge in [0.25, 0.3) is 0 Å². The molecule has 1 aliphatic rings. The minimum absolute atomic E-state index is 0.0113. The second-order valence-electron chi connectivity index (χ2n) is 5.51. The second kappa shape index (κ2) is 5.52. The van der Waals surface area contributed by atoms with Crippen molar-refractivity contribution < 1.29 is 13.6 Å². The van der Waals surface area contributed by atoms with Crippen molar-refractivity contribution in [1.29, 1.82) is 0 Å². The van der Waals surface area contributed by atoms with Gasteiger partial charge in [-0.25, -0.2) is 13.8 Å². The van der Waals surface area contributed by atoms with Gasteiger partial charge in [0, 0.05) is 24.1 Å². The van der Waals surface area contributed by atoms with Crippen LogP contribution < -0.4 is 5.32 Å². The van der Waals surface area contributed by atoms with E-state index in [1.54, 1.807) is 23.0 Å². The zero-order valence-corrected chi connectivity index (χ0v) is 12.4. The molecule has 0 aliphatic carbocycles. The standard InChI is InChI=1S/C17H12F2N4O/c18-13-5-1-4-11(15(13)19)12-7-14(24)22-17-16(12)21-9-23(17)10-3-2-6-20-8-10/h1-6,8-9,12H,7H2,(H,22,24)/t12-/m0/s1. The molecule has 2 aromatic heterocycles. The molecule has 1 atom stereocenters. The Morgan fingerprint density at radius 2 is 2.08 bits per heavy atom. The highest BCUT2D eigenvalue weighted by atomic mass is 19.2. The number of hydrogen-bond donors (Lipinski definition) is 1. The summed E-state index contributed by atoms with van der Waals surface area (Å²) in [5, 5.41) is 2.76. The molecule has 1 amide bonds. The van der Waals surface area contributed by atoms with Crippen molar-refractivity contribution in [2.75, 3.05) is 5.32 Å². The Bertz CT molecular complexity index is 924. The fourth-order valence-electron chi connectivity index (χ4n) is 2.95. The van der Waals surface area contributed by atoms with Crippen LogP contribution in [0.2, 0.25) is 0 Å². The van der Waals surface area contributed by atoms with Gasteiger partial charge in [0.1, 0.15) is 12.1 Å². The van der Waals surface area contributed by atoms with Crippen molar-refractivity contribution in [3.05, 3.63) is 71.9 Å². The number of benzene rings is 1. The van der Waals surface area contributed by atoms with Crippen LogP contribution in [0.5, 0.6) is 0 Å². The number of carbonyl (C=O) groups is 1. The Labute approximate surface area is 136 Å². The molecule has 3 aromatic rings. The van der Waals surface area contributed by atoms with E-state index in [1.807, 2.05) is 6.07 Å². The van der Waals surface area contributed by atoms with Gasteiger partial charge in [-0.2, -0.15) is 0 Å². The van der Waals surface area contributed by atoms with E-state index in [4.69, 9.17) is 0 Å². The summed E-state index contributed by atoms with van der Waals surface area (Å²) in [6, 6.07) is 7.53. The predicted molar refractivity (Wildman–Crippen MR) is 82.8 cm³/mol. The fourth-order valence-corrected chi connectivity index (χ4v) is 2.95. The van der Waals surface area contributed by atoms with Gasteiger partial charge in [-0.3, -0.25) is 14.3 Å². The lowest BCUT2D eigenvalue weighted by Crippen LogP contribution is -2.25. The molecule has 0 unspecified atom stereocenters. The maximum Gasteiger partial charge on any atom is 0.226 e. The van der Waals surface area contributed by atoms with Crippen LogP contribution in [0.3, 0.4) is 0 Å². The van der Waals surface area contributed by atoms with Crippen molar-refractivity contribution >= 4 is 11.7 Å². The van der Waals surface area contributed by atoms with Crippen LogP contribution >= 0.6 is 0 Å². The maximum absolute atomic E-state index is 14.2. The summed E-state index contributed by atoms with van der Waals surface area (Å²) in [5.74, 6) is -2.34. The van der Waals surface area contributed by atoms with Gasteiger partial charge < -0.3 is 5.32 Å². The van der Waals surface area contributed by atoms with E-state index in [-0.39, 0.29) is 17.9 Å². The molecule has 0 saturated heterocycles. The largest absolute Gasteiger partial charge is 0.310 e. The molecule has 4 rings (SSSR count). The first-order chi connectivity index (χ1) is 11.6. The number of aromatic nitrogens is 3. The van der Waals surface area contributed by atoms with Crippen LogP contribution in [0.4, 0.5) is 14.6 Å². The third-order valence-corrected chi connectivity index (χ3v) is 4.05. The molecule has 3 heterocycles. The molecule has 7 heteroatoms. The molecule has 1 aliphatic heterocycles. The van der Waals surface area contributed by atoms with E-state index in [0.29, 0.717) is 17.2 Å². The summed E-state index contributed by atoms with van der Waals surface area (Å²) in [6.45, 7) is 0. The number of nitrogens with one attached hydrogen (secondary N) is 1. The van der Waals surface area contributed by atoms with Crippen molar-refractivity contribution in [3.8, 4) is 5.69 Å². The number of amides is 1. The Morgan fingerprint density at radius 3 is 2.88 bits per heavy atom. The first-order valence-corrected chi connectivity index (χ1v) is 7.36. The zero-order valence-electron chi connectivity index (χ0n) is 12.4. The summed E-state index contributed by atoms with van der Waals surface area (Å²) in [6.07, 6.45) is 4.81. The quantitative estimate of drug-likeness (QED) is 0.787. The zero-order chi connectivity index (χ0) is 16.7. The molecular formula is C17H12F2N4O. The van der Waals surface area contributed by atoms with E-state index < -0.39 is 17.6 Å². The van der Waals surface area contributed by atoms with Crippen LogP contribution in [-0.4, -0.2) is 20.4 Å². The summed E-state index contributed by atoms with van der Waals surface area (Å²) >= 11 is 0. The van der Waals surface area contributed by atoms with Crippen LogP contribution in [-0.2, 0) is 4.79 Å². The monoisotopic (exact) mass is 326 g/mol. The molecule has 1 N–H and O–H groups in total. The van der Waals surface area contributed by atoms with E-state index in [9.17, 15) is 13.6 Å². The van der Waals surface area contributed by atoms with Gasteiger partial charge in [0.15, 0.2) is 11.6 Å². The Balaban J connectivity index is 1.86. The van der Waals surface area contributed by atoms with Gasteiger partial charge in [-0.05, 0) is 18.2 Å². The second-order valence-corrected chi connectivity index (χ2v) is 5.51. The number of halogens is 2. The average molecular weight is 326 g/mol. The molecule has 0 bridgehead atoms. The Kier molecular flexibility index (Phi) is 3.34. The Morgan fingerprint density at radius 1 is 1.21 bits per heavy atom. The van der Waals surface area contributed by atoms with E-state index in [0.717, 1.165) is 6.07 Å². The normalized spacial score (nSPS) is 16.6. The third kappa shape index (κ3) is 2.25. The van der Waals surface area contributed by atoms with Crippen LogP contribution in [0.1, 0.15) is 23.6 Å². The van der Waals surface area contributed by atoms with Gasteiger partial charge in [-0.15, -0.1) is 0 Å². The molecule has 1 aromatic carbocycles. The van der Waals surface area contributed by atoms with Crippen LogP contribution in [0.15, 0.2) is 49.1 Å². The molecule has 0 saturated carbocycles. The van der Waals surface area contributed by atoms with Crippen molar-refractivity contribution in [3.63, 3.8) is 0 Å². The molecule has 5 nitrogen and oxygen atoms in total. The minimum Gasteiger partial charge on any atom is -0.310 e. The first kappa shape index (κ1) is 14.5. The summed E-state index contributed by atoms with van der Waals surface area (Å²) in [7, 11) is 0. The highest BCUT2D eigenvalue weighted by molar-refractivity contribution is 5.94. The number of imidazole rings is 1. The topological polar surface area (TPSA) is 59.8 Å². The number of rotatable bonds is 2. The lowest BCUT2D eigenvalue weighted by atomic mass is 9.89. The molecule has 0 spiro atoms. The SMILES string of the molecule is O=C1C[C@@H](c2cccc(F)c2F)c2ncn(-c3cccnc3)c2N1. The van der Waals surface area contributed by atoms with E-state index >= 15 is 0 Å². The smallest absolute Gasteiger partial charge is 0.226 e. The molecule has 0 radical (unpaired) electrons. The maximum atomic E-state index is 14.2. The highest BCUT2D eigenvalue weighted by Gasteiger charge is 2.33. The number of nitrogens with zero attached hydrogens (tertiary/aromatic N) is 3. The summed E-state index contributed by atoms with van der Waals surface area (Å²) < 4.78 is 29.4. The van der Waals surface area contributed by atoms with Gasteiger partial charge >= 0.3 is 0 Å². The van der Waals surface area contributed by atoms with Crippen LogP contribution in [0.25, 0.3) is 5.69 Å². The third-order valence-electron chi connectivity index (χ3n) is 4.05. The minimum atomic E-state index is -0.945. The van der Waals surface area contributed by atoms with Gasteiger partial charge in [0.2, 0.25) is 5.91 Å². The summed E-state index contributed by atoms with van der Waals surface area (Å²) in [5.41, 5.74) is 1.34. The van der Waals surface area contributed by atoms with Crippen LogP contribution in [0, 0.1) is 11.6 Å².